The molecule has 3 aromatic rings. The molecule has 0 spiro atoms. The van der Waals surface area contributed by atoms with Crippen LogP contribution in [0.5, 0.6) is 0 Å². The molecule has 24 heavy (non-hydrogen) atoms. The number of esters is 2. The van der Waals surface area contributed by atoms with Crippen LogP contribution in [0, 0.1) is 0 Å². The molecule has 0 fully saturated rings. The first-order chi connectivity index (χ1) is 11.7. The second-order valence-corrected chi connectivity index (χ2v) is 5.88. The van der Waals surface area contributed by atoms with E-state index in [0.717, 1.165) is 10.6 Å². The number of thiophene rings is 1. The molecular weight excluding hydrogens is 326 g/mol. The SMILES string of the molecule is COC(=O)c1c(-c2cccs2)cn(-c2ccccc2)c1C(=O)OC. The third kappa shape index (κ3) is 2.72. The van der Waals surface area contributed by atoms with E-state index in [2.05, 4.69) is 0 Å². The zero-order valence-electron chi connectivity index (χ0n) is 13.2. The number of carbonyl (C=O) groups excluding carboxylic acids is 2. The Morgan fingerprint density at radius 3 is 2.25 bits per heavy atom. The van der Waals surface area contributed by atoms with Gasteiger partial charge in [-0.1, -0.05) is 24.3 Å². The van der Waals surface area contributed by atoms with Crippen LogP contribution >= 0.6 is 11.3 Å². The van der Waals surface area contributed by atoms with Gasteiger partial charge in [0.2, 0.25) is 0 Å². The number of rotatable bonds is 4. The summed E-state index contributed by atoms with van der Waals surface area (Å²) in [5.74, 6) is -1.17. The Hall–Kier alpha value is -2.86. The maximum Gasteiger partial charge on any atom is 0.355 e. The Bertz CT molecular complexity index is 866. The molecule has 3 rings (SSSR count). The van der Waals surface area contributed by atoms with Crippen molar-refractivity contribution >= 4 is 23.3 Å². The molecule has 1 aromatic carbocycles. The van der Waals surface area contributed by atoms with Gasteiger partial charge in [0.25, 0.3) is 0 Å². The molecule has 5 nitrogen and oxygen atoms in total. The Balaban J connectivity index is 2.33. The van der Waals surface area contributed by atoms with Crippen molar-refractivity contribution in [2.24, 2.45) is 0 Å². The van der Waals surface area contributed by atoms with Crippen molar-refractivity contribution < 1.29 is 19.1 Å². The average molecular weight is 341 g/mol. The van der Waals surface area contributed by atoms with Crippen molar-refractivity contribution in [3.05, 3.63) is 65.3 Å². The molecule has 122 valence electrons. The fourth-order valence-electron chi connectivity index (χ4n) is 2.52. The van der Waals surface area contributed by atoms with Crippen LogP contribution in [0.2, 0.25) is 0 Å². The van der Waals surface area contributed by atoms with Crippen LogP contribution in [-0.4, -0.2) is 30.7 Å². The van der Waals surface area contributed by atoms with Gasteiger partial charge in [-0.05, 0) is 23.6 Å². The Labute approximate surface area is 143 Å². The van der Waals surface area contributed by atoms with Crippen LogP contribution in [0.1, 0.15) is 20.8 Å². The largest absolute Gasteiger partial charge is 0.465 e. The molecule has 2 aromatic heterocycles. The minimum absolute atomic E-state index is 0.152. The van der Waals surface area contributed by atoms with Gasteiger partial charge in [-0.2, -0.15) is 0 Å². The summed E-state index contributed by atoms with van der Waals surface area (Å²) in [6, 6.07) is 13.1. The predicted octanol–water partition coefficient (Wildman–Crippen LogP) is 3.78. The van der Waals surface area contributed by atoms with Crippen molar-refractivity contribution in [3.63, 3.8) is 0 Å². The summed E-state index contributed by atoms with van der Waals surface area (Å²) in [6.45, 7) is 0. The highest BCUT2D eigenvalue weighted by atomic mass is 32.1. The van der Waals surface area contributed by atoms with Crippen molar-refractivity contribution in [1.82, 2.24) is 4.57 Å². The van der Waals surface area contributed by atoms with E-state index >= 15 is 0 Å². The molecule has 0 aliphatic carbocycles. The van der Waals surface area contributed by atoms with Gasteiger partial charge in [-0.15, -0.1) is 11.3 Å². The third-order valence-electron chi connectivity index (χ3n) is 3.59. The maximum absolute atomic E-state index is 12.4. The van der Waals surface area contributed by atoms with E-state index in [4.69, 9.17) is 9.47 Å². The van der Waals surface area contributed by atoms with E-state index in [1.807, 2.05) is 47.8 Å². The first-order valence-electron chi connectivity index (χ1n) is 7.18. The molecular formula is C18H15NO4S. The molecule has 0 N–H and O–H groups in total. The summed E-state index contributed by atoms with van der Waals surface area (Å²) >= 11 is 1.48. The van der Waals surface area contributed by atoms with Crippen LogP contribution in [0.4, 0.5) is 0 Å². The molecule has 0 saturated carbocycles. The van der Waals surface area contributed by atoms with Gasteiger partial charge < -0.3 is 14.0 Å². The highest BCUT2D eigenvalue weighted by Gasteiger charge is 2.29. The number of ether oxygens (including phenoxy) is 2. The number of aromatic nitrogens is 1. The summed E-state index contributed by atoms with van der Waals surface area (Å²) < 4.78 is 11.5. The molecule has 0 radical (unpaired) electrons. The fraction of sp³-hybridized carbons (Fsp3) is 0.111. The molecule has 0 bridgehead atoms. The molecule has 0 saturated heterocycles. The van der Waals surface area contributed by atoms with Gasteiger partial charge in [0.15, 0.2) is 0 Å². The van der Waals surface area contributed by atoms with E-state index in [9.17, 15) is 9.59 Å². The normalized spacial score (nSPS) is 10.4. The van der Waals surface area contributed by atoms with Crippen molar-refractivity contribution in [1.29, 1.82) is 0 Å². The number of nitrogens with zero attached hydrogens (tertiary/aromatic N) is 1. The lowest BCUT2D eigenvalue weighted by molar-refractivity contribution is 0.0550. The monoisotopic (exact) mass is 341 g/mol. The standard InChI is InChI=1S/C18H15NO4S/c1-22-17(20)15-13(14-9-6-10-24-14)11-19(16(15)18(21)23-2)12-7-4-3-5-8-12/h3-11H,1-2H3. The highest BCUT2D eigenvalue weighted by molar-refractivity contribution is 7.13. The number of benzene rings is 1. The molecule has 0 aliphatic heterocycles. The molecule has 6 heteroatoms. The topological polar surface area (TPSA) is 57.5 Å². The Morgan fingerprint density at radius 2 is 1.67 bits per heavy atom. The van der Waals surface area contributed by atoms with Crippen molar-refractivity contribution in [2.75, 3.05) is 14.2 Å². The van der Waals surface area contributed by atoms with Gasteiger partial charge in [-0.3, -0.25) is 0 Å². The summed E-state index contributed by atoms with van der Waals surface area (Å²) in [4.78, 5) is 25.6. The zero-order valence-corrected chi connectivity index (χ0v) is 14.0. The van der Waals surface area contributed by atoms with Gasteiger partial charge in [0.05, 0.1) is 14.2 Å². The first-order valence-corrected chi connectivity index (χ1v) is 8.06. The van der Waals surface area contributed by atoms with Crippen molar-refractivity contribution in [2.45, 2.75) is 0 Å². The van der Waals surface area contributed by atoms with E-state index in [1.54, 1.807) is 10.8 Å². The summed E-state index contributed by atoms with van der Waals surface area (Å²) in [5.41, 5.74) is 1.75. The highest BCUT2D eigenvalue weighted by Crippen LogP contribution is 2.34. The zero-order chi connectivity index (χ0) is 17.1. The second-order valence-electron chi connectivity index (χ2n) is 4.93. The molecule has 2 heterocycles. The minimum Gasteiger partial charge on any atom is -0.465 e. The first kappa shape index (κ1) is 16.0. The van der Waals surface area contributed by atoms with Crippen LogP contribution in [0.25, 0.3) is 16.1 Å². The minimum atomic E-state index is -0.595. The van der Waals surface area contributed by atoms with Gasteiger partial charge in [-0.25, -0.2) is 9.59 Å². The predicted molar refractivity (Wildman–Crippen MR) is 91.8 cm³/mol. The second kappa shape index (κ2) is 6.72. The lowest BCUT2D eigenvalue weighted by Gasteiger charge is -2.09. The van der Waals surface area contributed by atoms with Crippen LogP contribution in [0.15, 0.2) is 54.0 Å². The number of hydrogen-bond acceptors (Lipinski definition) is 5. The summed E-state index contributed by atoms with van der Waals surface area (Å²) in [6.07, 6.45) is 1.76. The maximum atomic E-state index is 12.4. The fourth-order valence-corrected chi connectivity index (χ4v) is 3.27. The van der Waals surface area contributed by atoms with Gasteiger partial charge in [0, 0.05) is 22.3 Å². The van der Waals surface area contributed by atoms with Crippen LogP contribution < -0.4 is 0 Å². The van der Waals surface area contributed by atoms with E-state index in [0.29, 0.717) is 5.56 Å². The van der Waals surface area contributed by atoms with Crippen LogP contribution in [0.3, 0.4) is 0 Å². The summed E-state index contributed by atoms with van der Waals surface area (Å²) in [7, 11) is 2.58. The number of methoxy groups -OCH3 is 2. The lowest BCUT2D eigenvalue weighted by Crippen LogP contribution is -2.15. The smallest absolute Gasteiger partial charge is 0.355 e. The van der Waals surface area contributed by atoms with Gasteiger partial charge >= 0.3 is 11.9 Å². The van der Waals surface area contributed by atoms with E-state index < -0.39 is 11.9 Å². The lowest BCUT2D eigenvalue weighted by atomic mass is 10.1. The quantitative estimate of drug-likeness (QED) is 0.678. The number of hydrogen-bond donors (Lipinski definition) is 0. The van der Waals surface area contributed by atoms with Crippen LogP contribution in [-0.2, 0) is 9.47 Å². The third-order valence-corrected chi connectivity index (χ3v) is 4.50. The van der Waals surface area contributed by atoms with Gasteiger partial charge in [0.1, 0.15) is 11.3 Å². The number of carbonyl (C=O) groups is 2. The Morgan fingerprint density at radius 1 is 0.958 bits per heavy atom. The van der Waals surface area contributed by atoms with E-state index in [1.165, 1.54) is 25.6 Å². The molecule has 0 atom stereocenters. The van der Waals surface area contributed by atoms with Crippen molar-refractivity contribution in [3.8, 4) is 16.1 Å². The molecule has 0 amide bonds. The molecule has 0 unspecified atom stereocenters. The average Bonchev–Trinajstić information content (AvgIpc) is 3.28. The number of para-hydroxylation sites is 1. The molecule has 0 aliphatic rings. The summed E-state index contributed by atoms with van der Waals surface area (Å²) in [5, 5.41) is 1.91. The van der Waals surface area contributed by atoms with E-state index in [-0.39, 0.29) is 11.3 Å². The Kier molecular flexibility index (Phi) is 4.48.